The van der Waals surface area contributed by atoms with E-state index in [0.29, 0.717) is 12.1 Å². The largest absolute Gasteiger partial charge is 0.337 e. The number of hydrogen-bond acceptors (Lipinski definition) is 4. The van der Waals surface area contributed by atoms with Crippen molar-refractivity contribution in [3.63, 3.8) is 0 Å². The monoisotopic (exact) mass is 373 g/mol. The van der Waals surface area contributed by atoms with E-state index in [2.05, 4.69) is 5.10 Å². The Morgan fingerprint density at radius 3 is 2.46 bits per heavy atom. The van der Waals surface area contributed by atoms with E-state index >= 15 is 0 Å². The van der Waals surface area contributed by atoms with Crippen LogP contribution in [0.4, 0.5) is 0 Å². The number of rotatable bonds is 3. The summed E-state index contributed by atoms with van der Waals surface area (Å²) >= 11 is 0. The number of aromatic nitrogens is 2. The maximum absolute atomic E-state index is 12.8. The molecule has 1 aromatic carbocycles. The highest BCUT2D eigenvalue weighted by atomic mass is 32.2. The van der Waals surface area contributed by atoms with E-state index in [1.165, 1.54) is 0 Å². The molecule has 1 aromatic heterocycles. The van der Waals surface area contributed by atoms with Crippen LogP contribution < -0.4 is 0 Å². The van der Waals surface area contributed by atoms with Gasteiger partial charge in [-0.1, -0.05) is 29.8 Å². The van der Waals surface area contributed by atoms with Crippen LogP contribution in [0.3, 0.4) is 0 Å². The van der Waals surface area contributed by atoms with Crippen molar-refractivity contribution >= 4 is 15.7 Å². The molecule has 0 aliphatic carbocycles. The quantitative estimate of drug-likeness (QED) is 0.828. The molecule has 0 spiro atoms. The fourth-order valence-electron chi connectivity index (χ4n) is 3.77. The van der Waals surface area contributed by atoms with Gasteiger partial charge in [0, 0.05) is 13.1 Å². The molecule has 7 heteroatoms. The average Bonchev–Trinajstić information content (AvgIpc) is 3.33. The number of likely N-dealkylation sites (tertiary alicyclic amines) is 1. The summed E-state index contributed by atoms with van der Waals surface area (Å²) in [7, 11) is -3.03. The van der Waals surface area contributed by atoms with Crippen LogP contribution >= 0.6 is 0 Å². The van der Waals surface area contributed by atoms with Gasteiger partial charge in [-0.2, -0.15) is 5.10 Å². The fourth-order valence-corrected chi connectivity index (χ4v) is 5.46. The molecular weight excluding hydrogens is 350 g/mol. The van der Waals surface area contributed by atoms with E-state index in [4.69, 9.17) is 0 Å². The molecule has 6 nitrogen and oxygen atoms in total. The number of benzene rings is 1. The van der Waals surface area contributed by atoms with Gasteiger partial charge in [0.15, 0.2) is 15.5 Å². The van der Waals surface area contributed by atoms with Crippen LogP contribution in [0.1, 0.15) is 41.4 Å². The summed E-state index contributed by atoms with van der Waals surface area (Å²) in [6, 6.07) is 9.62. The Kier molecular flexibility index (Phi) is 4.34. The van der Waals surface area contributed by atoms with E-state index in [9.17, 15) is 13.2 Å². The summed E-state index contributed by atoms with van der Waals surface area (Å²) < 4.78 is 25.6. The average molecular weight is 373 g/mol. The summed E-state index contributed by atoms with van der Waals surface area (Å²) in [5, 5.41) is 4.56. The van der Waals surface area contributed by atoms with Crippen LogP contribution in [0.5, 0.6) is 0 Å². The molecule has 0 saturated carbocycles. The standard InChI is InChI=1S/C19H23N3O3S/c1-14-4-6-15(7-5-14)18-12-17(19(23)21-9-2-3-10-21)20-22(18)16-8-11-26(24,25)13-16/h4-7,12,16H,2-3,8-11,13H2,1H3. The van der Waals surface area contributed by atoms with E-state index in [1.807, 2.05) is 42.2 Å². The van der Waals surface area contributed by atoms with Crippen molar-refractivity contribution in [2.24, 2.45) is 0 Å². The van der Waals surface area contributed by atoms with Gasteiger partial charge in [0.2, 0.25) is 0 Å². The molecule has 2 aromatic rings. The van der Waals surface area contributed by atoms with Crippen molar-refractivity contribution in [1.29, 1.82) is 0 Å². The summed E-state index contributed by atoms with van der Waals surface area (Å²) in [6.07, 6.45) is 2.59. The molecule has 0 N–H and O–H groups in total. The first-order chi connectivity index (χ1) is 12.4. The number of hydrogen-bond donors (Lipinski definition) is 0. The molecule has 1 unspecified atom stereocenters. The van der Waals surface area contributed by atoms with Crippen LogP contribution in [0.2, 0.25) is 0 Å². The highest BCUT2D eigenvalue weighted by Gasteiger charge is 2.33. The number of carbonyl (C=O) groups excluding carboxylic acids is 1. The smallest absolute Gasteiger partial charge is 0.274 e. The van der Waals surface area contributed by atoms with E-state index in [0.717, 1.165) is 42.8 Å². The van der Waals surface area contributed by atoms with E-state index < -0.39 is 9.84 Å². The fraction of sp³-hybridized carbons (Fsp3) is 0.474. The summed E-state index contributed by atoms with van der Waals surface area (Å²) in [5.74, 6) is 0.209. The van der Waals surface area contributed by atoms with Gasteiger partial charge in [0.1, 0.15) is 0 Å². The summed E-state index contributed by atoms with van der Waals surface area (Å²) in [4.78, 5) is 14.6. The lowest BCUT2D eigenvalue weighted by molar-refractivity contribution is 0.0786. The van der Waals surface area contributed by atoms with Crippen molar-refractivity contribution in [1.82, 2.24) is 14.7 Å². The Hall–Kier alpha value is -2.15. The van der Waals surface area contributed by atoms with Crippen LogP contribution in [-0.4, -0.2) is 53.6 Å². The highest BCUT2D eigenvalue weighted by Crippen LogP contribution is 2.30. The van der Waals surface area contributed by atoms with Gasteiger partial charge >= 0.3 is 0 Å². The molecule has 2 saturated heterocycles. The third-order valence-electron chi connectivity index (χ3n) is 5.25. The van der Waals surface area contributed by atoms with Gasteiger partial charge in [-0.25, -0.2) is 8.42 Å². The molecule has 1 amide bonds. The molecule has 3 heterocycles. The normalized spacial score (nSPS) is 22.0. The van der Waals surface area contributed by atoms with Gasteiger partial charge in [-0.3, -0.25) is 9.48 Å². The molecule has 0 radical (unpaired) electrons. The number of aryl methyl sites for hydroxylation is 1. The van der Waals surface area contributed by atoms with Crippen LogP contribution in [0.25, 0.3) is 11.3 Å². The van der Waals surface area contributed by atoms with Crippen LogP contribution in [0, 0.1) is 6.92 Å². The lowest BCUT2D eigenvalue weighted by atomic mass is 10.1. The molecule has 2 fully saturated rings. The minimum absolute atomic E-state index is 0.0598. The molecular formula is C19H23N3O3S. The van der Waals surface area contributed by atoms with E-state index in [-0.39, 0.29) is 23.5 Å². The second kappa shape index (κ2) is 6.54. The Balaban J connectivity index is 1.75. The number of amides is 1. The highest BCUT2D eigenvalue weighted by molar-refractivity contribution is 7.91. The third kappa shape index (κ3) is 3.28. The Morgan fingerprint density at radius 2 is 1.85 bits per heavy atom. The predicted octanol–water partition coefficient (Wildman–Crippen LogP) is 2.45. The Labute approximate surface area is 153 Å². The molecule has 2 aliphatic heterocycles. The first-order valence-electron chi connectivity index (χ1n) is 9.09. The molecule has 4 rings (SSSR count). The van der Waals surface area contributed by atoms with Gasteiger partial charge < -0.3 is 4.90 Å². The van der Waals surface area contributed by atoms with E-state index in [1.54, 1.807) is 4.68 Å². The zero-order valence-corrected chi connectivity index (χ0v) is 15.7. The minimum atomic E-state index is -3.03. The zero-order valence-electron chi connectivity index (χ0n) is 14.9. The molecule has 138 valence electrons. The van der Waals surface area contributed by atoms with Crippen LogP contribution in [0.15, 0.2) is 30.3 Å². The first kappa shape index (κ1) is 17.3. The topological polar surface area (TPSA) is 72.3 Å². The van der Waals surface area contributed by atoms with Gasteiger partial charge in [0.25, 0.3) is 5.91 Å². The van der Waals surface area contributed by atoms with Crippen molar-refractivity contribution in [3.8, 4) is 11.3 Å². The van der Waals surface area contributed by atoms with Crippen molar-refractivity contribution in [2.75, 3.05) is 24.6 Å². The molecule has 0 bridgehead atoms. The SMILES string of the molecule is Cc1ccc(-c2cc(C(=O)N3CCCC3)nn2C2CCS(=O)(=O)C2)cc1. The van der Waals surface area contributed by atoms with Gasteiger partial charge in [0.05, 0.1) is 23.2 Å². The third-order valence-corrected chi connectivity index (χ3v) is 7.00. The van der Waals surface area contributed by atoms with Crippen molar-refractivity contribution in [3.05, 3.63) is 41.6 Å². The first-order valence-corrected chi connectivity index (χ1v) is 10.9. The molecule has 2 aliphatic rings. The molecule has 26 heavy (non-hydrogen) atoms. The van der Waals surface area contributed by atoms with Gasteiger partial charge in [-0.15, -0.1) is 0 Å². The lowest BCUT2D eigenvalue weighted by Gasteiger charge is -2.14. The number of sulfone groups is 1. The summed E-state index contributed by atoms with van der Waals surface area (Å²) in [5.41, 5.74) is 3.32. The Bertz CT molecular complexity index is 925. The zero-order chi connectivity index (χ0) is 18.3. The minimum Gasteiger partial charge on any atom is -0.337 e. The van der Waals surface area contributed by atoms with Crippen molar-refractivity contribution < 1.29 is 13.2 Å². The summed E-state index contributed by atoms with van der Waals surface area (Å²) in [6.45, 7) is 3.56. The van der Waals surface area contributed by atoms with Crippen LogP contribution in [-0.2, 0) is 9.84 Å². The predicted molar refractivity (Wildman–Crippen MR) is 99.8 cm³/mol. The number of nitrogens with zero attached hydrogens (tertiary/aromatic N) is 3. The maximum atomic E-state index is 12.8. The van der Waals surface area contributed by atoms with Gasteiger partial charge in [-0.05, 0) is 37.8 Å². The second-order valence-electron chi connectivity index (χ2n) is 7.28. The second-order valence-corrected chi connectivity index (χ2v) is 9.51. The number of carbonyl (C=O) groups is 1. The molecule has 1 atom stereocenters. The maximum Gasteiger partial charge on any atom is 0.274 e. The Morgan fingerprint density at radius 1 is 1.15 bits per heavy atom. The lowest BCUT2D eigenvalue weighted by Crippen LogP contribution is -2.28. The van der Waals surface area contributed by atoms with Crippen molar-refractivity contribution in [2.45, 2.75) is 32.2 Å².